The quantitative estimate of drug-likeness (QED) is 0.330. The Morgan fingerprint density at radius 1 is 1.03 bits per heavy atom. The predicted octanol–water partition coefficient (Wildman–Crippen LogP) is 2.78. The second kappa shape index (κ2) is 11.8. The monoisotopic (exact) mass is 463 g/mol. The highest BCUT2D eigenvalue weighted by Crippen LogP contribution is 2.27. The van der Waals surface area contributed by atoms with E-state index in [0.29, 0.717) is 22.3 Å². The molecule has 10 heteroatoms. The molecule has 2 amide bonds. The van der Waals surface area contributed by atoms with Crippen LogP contribution in [-0.4, -0.2) is 37.8 Å². The zero-order valence-corrected chi connectivity index (χ0v) is 18.7. The van der Waals surface area contributed by atoms with Gasteiger partial charge in [0.2, 0.25) is 5.91 Å². The highest BCUT2D eigenvalue weighted by Gasteiger charge is 2.07. The predicted molar refractivity (Wildman–Crippen MR) is 122 cm³/mol. The van der Waals surface area contributed by atoms with Crippen molar-refractivity contribution in [3.8, 4) is 17.2 Å². The Bertz CT molecular complexity index is 997. The average molecular weight is 464 g/mol. The molecule has 0 atom stereocenters. The van der Waals surface area contributed by atoms with Crippen LogP contribution >= 0.6 is 23.8 Å². The fourth-order valence-corrected chi connectivity index (χ4v) is 2.77. The maximum Gasteiger partial charge on any atom is 0.276 e. The second-order valence-electron chi connectivity index (χ2n) is 6.14. The smallest absolute Gasteiger partial charge is 0.276 e. The molecule has 3 N–H and O–H groups in total. The van der Waals surface area contributed by atoms with Gasteiger partial charge in [-0.05, 0) is 66.7 Å². The van der Waals surface area contributed by atoms with Gasteiger partial charge in [-0.25, -0.2) is 0 Å². The highest BCUT2D eigenvalue weighted by atomic mass is 35.5. The Hall–Kier alpha value is -3.30. The van der Waals surface area contributed by atoms with Crippen LogP contribution in [-0.2, 0) is 9.59 Å². The molecule has 0 aliphatic heterocycles. The van der Waals surface area contributed by atoms with E-state index in [9.17, 15) is 9.59 Å². The lowest BCUT2D eigenvalue weighted by Gasteiger charge is -2.11. The number of nitrogens with one attached hydrogen (secondary N) is 3. The molecule has 2 aromatic carbocycles. The zero-order chi connectivity index (χ0) is 22.8. The first-order valence-electron chi connectivity index (χ1n) is 9.01. The van der Waals surface area contributed by atoms with Crippen LogP contribution < -0.4 is 30.4 Å². The summed E-state index contributed by atoms with van der Waals surface area (Å²) >= 11 is 10.9. The summed E-state index contributed by atoms with van der Waals surface area (Å²) in [5.41, 5.74) is 6.31. The number of thiocarbonyl (C=S) groups is 1. The molecule has 2 aromatic rings. The van der Waals surface area contributed by atoms with Gasteiger partial charge < -0.3 is 14.2 Å². The van der Waals surface area contributed by atoms with Crippen LogP contribution in [0.15, 0.2) is 42.5 Å². The molecule has 0 unspecified atom stereocenters. The largest absolute Gasteiger partial charge is 0.493 e. The third-order valence-electron chi connectivity index (χ3n) is 3.88. The minimum absolute atomic E-state index is 0.0713. The van der Waals surface area contributed by atoms with E-state index in [1.165, 1.54) is 13.2 Å². The summed E-state index contributed by atoms with van der Waals surface area (Å²) in [4.78, 5) is 23.9. The summed E-state index contributed by atoms with van der Waals surface area (Å²) in [6.07, 6.45) is 2.88. The zero-order valence-electron chi connectivity index (χ0n) is 17.2. The molecule has 0 aliphatic carbocycles. The number of carbonyl (C=O) groups excluding carboxylic acids is 2. The number of methoxy groups -OCH3 is 2. The summed E-state index contributed by atoms with van der Waals surface area (Å²) in [5.74, 6) is 0.707. The van der Waals surface area contributed by atoms with Gasteiger partial charge in [-0.15, -0.1) is 0 Å². The maximum absolute atomic E-state index is 12.0. The van der Waals surface area contributed by atoms with Gasteiger partial charge in [-0.3, -0.25) is 25.8 Å². The molecular weight excluding hydrogens is 442 g/mol. The minimum Gasteiger partial charge on any atom is -0.493 e. The topological polar surface area (TPSA) is 97.9 Å². The molecule has 8 nitrogen and oxygen atoms in total. The molecule has 0 bridgehead atoms. The molecule has 0 heterocycles. The first-order valence-corrected chi connectivity index (χ1v) is 9.80. The Morgan fingerprint density at radius 3 is 2.42 bits per heavy atom. The van der Waals surface area contributed by atoms with Crippen molar-refractivity contribution in [3.05, 3.63) is 58.6 Å². The first-order chi connectivity index (χ1) is 14.8. The molecule has 0 radical (unpaired) electrons. The van der Waals surface area contributed by atoms with E-state index in [4.69, 9.17) is 38.0 Å². The Balaban J connectivity index is 1.76. The SMILES string of the molecule is COc1ccc(/C=C/C(=O)NC(=S)NNC(=O)COc2ccc(Cl)cc2C)cc1OC. The Kier molecular flexibility index (Phi) is 9.11. The third kappa shape index (κ3) is 7.80. The third-order valence-corrected chi connectivity index (χ3v) is 4.32. The molecule has 2 rings (SSSR count). The standard InChI is InChI=1S/C21H22ClN3O5S/c1-13-10-15(22)6-8-16(13)30-12-20(27)24-25-21(31)23-19(26)9-5-14-4-7-17(28-2)18(11-14)29-3/h4-11H,12H2,1-3H3,(H,24,27)(H2,23,25,26,31)/b9-5+. The summed E-state index contributed by atoms with van der Waals surface area (Å²) in [7, 11) is 3.07. The molecule has 0 spiro atoms. The van der Waals surface area contributed by atoms with Crippen molar-refractivity contribution in [2.75, 3.05) is 20.8 Å². The van der Waals surface area contributed by atoms with Crippen LogP contribution in [0.5, 0.6) is 17.2 Å². The van der Waals surface area contributed by atoms with Crippen molar-refractivity contribution in [2.24, 2.45) is 0 Å². The number of halogens is 1. The van der Waals surface area contributed by atoms with E-state index in [-0.39, 0.29) is 11.7 Å². The van der Waals surface area contributed by atoms with Gasteiger partial charge in [0.05, 0.1) is 14.2 Å². The van der Waals surface area contributed by atoms with Crippen LogP contribution in [0, 0.1) is 6.92 Å². The molecule has 0 aromatic heterocycles. The molecule has 0 saturated heterocycles. The van der Waals surface area contributed by atoms with Gasteiger partial charge in [0.1, 0.15) is 5.75 Å². The second-order valence-corrected chi connectivity index (χ2v) is 6.98. The van der Waals surface area contributed by atoms with Crippen LogP contribution in [0.1, 0.15) is 11.1 Å². The number of amides is 2. The van der Waals surface area contributed by atoms with E-state index in [1.807, 2.05) is 6.92 Å². The highest BCUT2D eigenvalue weighted by molar-refractivity contribution is 7.80. The van der Waals surface area contributed by atoms with E-state index in [1.54, 1.807) is 49.6 Å². The van der Waals surface area contributed by atoms with Crippen LogP contribution in [0.2, 0.25) is 5.02 Å². The van der Waals surface area contributed by atoms with Gasteiger partial charge >= 0.3 is 0 Å². The number of ether oxygens (including phenoxy) is 3. The van der Waals surface area contributed by atoms with Crippen LogP contribution in [0.3, 0.4) is 0 Å². The molecule has 0 fully saturated rings. The van der Waals surface area contributed by atoms with Gasteiger partial charge in [0, 0.05) is 11.1 Å². The van der Waals surface area contributed by atoms with Crippen molar-refractivity contribution >= 4 is 46.8 Å². The summed E-state index contributed by atoms with van der Waals surface area (Å²) < 4.78 is 15.8. The lowest BCUT2D eigenvalue weighted by molar-refractivity contribution is -0.123. The first kappa shape index (κ1) is 24.0. The lowest BCUT2D eigenvalue weighted by Crippen LogP contribution is -2.49. The van der Waals surface area contributed by atoms with E-state index in [2.05, 4.69) is 16.2 Å². The molecule has 0 aliphatic rings. The maximum atomic E-state index is 12.0. The molecule has 31 heavy (non-hydrogen) atoms. The van der Waals surface area contributed by atoms with Crippen molar-refractivity contribution < 1.29 is 23.8 Å². The normalized spacial score (nSPS) is 10.3. The molecular formula is C21H22ClN3O5S. The molecule has 0 saturated carbocycles. The number of rotatable bonds is 7. The number of hydrazine groups is 1. The minimum atomic E-state index is -0.480. The van der Waals surface area contributed by atoms with Gasteiger partial charge in [-0.2, -0.15) is 0 Å². The van der Waals surface area contributed by atoms with Crippen molar-refractivity contribution in [1.82, 2.24) is 16.2 Å². The number of benzene rings is 2. The number of hydrogen-bond acceptors (Lipinski definition) is 6. The number of aryl methyl sites for hydroxylation is 1. The summed E-state index contributed by atoms with van der Waals surface area (Å²) in [6.45, 7) is 1.57. The van der Waals surface area contributed by atoms with Gasteiger partial charge in [0.25, 0.3) is 5.91 Å². The van der Waals surface area contributed by atoms with Gasteiger partial charge in [0.15, 0.2) is 23.2 Å². The average Bonchev–Trinajstić information content (AvgIpc) is 2.75. The van der Waals surface area contributed by atoms with Crippen molar-refractivity contribution in [2.45, 2.75) is 6.92 Å². The lowest BCUT2D eigenvalue weighted by atomic mass is 10.2. The van der Waals surface area contributed by atoms with Crippen molar-refractivity contribution in [1.29, 1.82) is 0 Å². The van der Waals surface area contributed by atoms with Gasteiger partial charge in [-0.1, -0.05) is 17.7 Å². The Morgan fingerprint density at radius 2 is 1.74 bits per heavy atom. The van der Waals surface area contributed by atoms with Crippen LogP contribution in [0.4, 0.5) is 0 Å². The van der Waals surface area contributed by atoms with Crippen LogP contribution in [0.25, 0.3) is 6.08 Å². The molecule has 164 valence electrons. The van der Waals surface area contributed by atoms with E-state index < -0.39 is 11.8 Å². The Labute approximate surface area is 190 Å². The number of carbonyl (C=O) groups is 2. The fourth-order valence-electron chi connectivity index (χ4n) is 2.39. The van der Waals surface area contributed by atoms with E-state index >= 15 is 0 Å². The van der Waals surface area contributed by atoms with Crippen molar-refractivity contribution in [3.63, 3.8) is 0 Å². The van der Waals surface area contributed by atoms with E-state index in [0.717, 1.165) is 11.1 Å². The summed E-state index contributed by atoms with van der Waals surface area (Å²) in [5, 5.41) is 2.92. The number of hydrogen-bond donors (Lipinski definition) is 3. The summed E-state index contributed by atoms with van der Waals surface area (Å²) in [6, 6.07) is 10.3. The fraction of sp³-hybridized carbons (Fsp3) is 0.190.